The molecule has 0 bridgehead atoms. The number of likely N-dealkylation sites (tertiary alicyclic amines) is 1. The lowest BCUT2D eigenvalue weighted by Gasteiger charge is -2.32. The van der Waals surface area contributed by atoms with Crippen molar-refractivity contribution in [2.45, 2.75) is 38.6 Å². The molecule has 0 aromatic heterocycles. The van der Waals surface area contributed by atoms with E-state index in [0.29, 0.717) is 30.1 Å². The number of anilines is 1. The fourth-order valence-electron chi connectivity index (χ4n) is 3.60. The summed E-state index contributed by atoms with van der Waals surface area (Å²) in [5, 5.41) is 3.12. The minimum atomic E-state index is -0.0376. The van der Waals surface area contributed by atoms with Gasteiger partial charge in [-0.1, -0.05) is 26.0 Å². The average molecular weight is 394 g/mol. The van der Waals surface area contributed by atoms with E-state index in [2.05, 4.69) is 19.2 Å². The minimum Gasteiger partial charge on any atom is -0.378 e. The minimum absolute atomic E-state index is 0.0376. The zero-order valence-electron chi connectivity index (χ0n) is 17.8. The van der Waals surface area contributed by atoms with Crippen LogP contribution in [0.2, 0.25) is 0 Å². The number of benzene rings is 2. The first-order valence-corrected chi connectivity index (χ1v) is 10.3. The molecule has 0 radical (unpaired) electrons. The van der Waals surface area contributed by atoms with Crippen molar-refractivity contribution < 1.29 is 9.59 Å². The third kappa shape index (κ3) is 5.17. The first kappa shape index (κ1) is 20.9. The smallest absolute Gasteiger partial charge is 0.253 e. The lowest BCUT2D eigenvalue weighted by atomic mass is 10.0. The Morgan fingerprint density at radius 2 is 1.48 bits per heavy atom. The molecule has 0 unspecified atom stereocenters. The molecule has 1 aliphatic rings. The third-order valence-electron chi connectivity index (χ3n) is 5.59. The zero-order chi connectivity index (χ0) is 21.0. The topological polar surface area (TPSA) is 52.7 Å². The number of amides is 2. The number of nitrogens with one attached hydrogen (secondary N) is 1. The number of hydrogen-bond donors (Lipinski definition) is 1. The van der Waals surface area contributed by atoms with E-state index in [9.17, 15) is 9.59 Å². The van der Waals surface area contributed by atoms with E-state index in [4.69, 9.17) is 0 Å². The number of nitrogens with zero attached hydrogens (tertiary/aromatic N) is 2. The zero-order valence-corrected chi connectivity index (χ0v) is 17.8. The van der Waals surface area contributed by atoms with Crippen molar-refractivity contribution in [2.75, 3.05) is 32.1 Å². The maximum absolute atomic E-state index is 12.7. The van der Waals surface area contributed by atoms with Gasteiger partial charge in [-0.05, 0) is 60.7 Å². The summed E-state index contributed by atoms with van der Waals surface area (Å²) in [5.74, 6) is 0.474. The highest BCUT2D eigenvalue weighted by atomic mass is 16.2. The Labute approximate surface area is 173 Å². The lowest BCUT2D eigenvalue weighted by Crippen LogP contribution is -2.46. The number of carbonyl (C=O) groups is 2. The summed E-state index contributed by atoms with van der Waals surface area (Å²) in [7, 11) is 3.96. The summed E-state index contributed by atoms with van der Waals surface area (Å²) >= 11 is 0. The van der Waals surface area contributed by atoms with E-state index >= 15 is 0 Å². The van der Waals surface area contributed by atoms with Crippen LogP contribution in [0, 0.1) is 0 Å². The van der Waals surface area contributed by atoms with Crippen LogP contribution in [-0.4, -0.2) is 49.9 Å². The van der Waals surface area contributed by atoms with Crippen LogP contribution in [-0.2, 0) is 0 Å². The number of hydrogen-bond acceptors (Lipinski definition) is 3. The van der Waals surface area contributed by atoms with Crippen LogP contribution in [0.4, 0.5) is 5.69 Å². The molecule has 1 aliphatic heterocycles. The van der Waals surface area contributed by atoms with Crippen LogP contribution in [0.3, 0.4) is 0 Å². The Hall–Kier alpha value is -2.82. The van der Waals surface area contributed by atoms with Gasteiger partial charge in [0.2, 0.25) is 0 Å². The molecule has 1 heterocycles. The largest absolute Gasteiger partial charge is 0.378 e. The summed E-state index contributed by atoms with van der Waals surface area (Å²) in [6.45, 7) is 5.60. The van der Waals surface area contributed by atoms with Crippen LogP contribution >= 0.6 is 0 Å². The van der Waals surface area contributed by atoms with E-state index in [-0.39, 0.29) is 17.9 Å². The molecule has 3 rings (SSSR count). The van der Waals surface area contributed by atoms with Gasteiger partial charge in [0.05, 0.1) is 0 Å². The second-order valence-electron chi connectivity index (χ2n) is 8.26. The fourth-order valence-corrected chi connectivity index (χ4v) is 3.60. The maximum Gasteiger partial charge on any atom is 0.253 e. The van der Waals surface area contributed by atoms with Crippen LogP contribution in [0.25, 0.3) is 0 Å². The molecule has 5 heteroatoms. The molecule has 0 saturated carbocycles. The van der Waals surface area contributed by atoms with E-state index in [0.717, 1.165) is 18.5 Å². The Balaban J connectivity index is 1.52. The molecule has 0 atom stereocenters. The van der Waals surface area contributed by atoms with Crippen molar-refractivity contribution in [3.05, 3.63) is 65.2 Å². The molecule has 0 spiro atoms. The van der Waals surface area contributed by atoms with Gasteiger partial charge in [0, 0.05) is 50.0 Å². The van der Waals surface area contributed by atoms with E-state index in [1.807, 2.05) is 72.4 Å². The van der Waals surface area contributed by atoms with E-state index in [1.165, 1.54) is 5.56 Å². The summed E-state index contributed by atoms with van der Waals surface area (Å²) in [6.07, 6.45) is 1.55. The Morgan fingerprint density at radius 1 is 0.931 bits per heavy atom. The first-order chi connectivity index (χ1) is 13.8. The molecule has 0 aliphatic carbocycles. The predicted molar refractivity (Wildman–Crippen MR) is 118 cm³/mol. The summed E-state index contributed by atoms with van der Waals surface area (Å²) < 4.78 is 0. The van der Waals surface area contributed by atoms with Gasteiger partial charge in [-0.3, -0.25) is 9.59 Å². The standard InChI is InChI=1S/C24H31N3O2/c1-17(2)18-5-7-19(8-6-18)23(28)25-21-13-15-27(16-14-21)24(29)20-9-11-22(12-10-20)26(3)4/h5-12,17,21H,13-16H2,1-4H3,(H,25,28). The summed E-state index contributed by atoms with van der Waals surface area (Å²) in [4.78, 5) is 29.2. The van der Waals surface area contributed by atoms with Crippen LogP contribution in [0.15, 0.2) is 48.5 Å². The molecule has 1 N–H and O–H groups in total. The van der Waals surface area contributed by atoms with Crippen molar-refractivity contribution in [3.8, 4) is 0 Å². The van der Waals surface area contributed by atoms with Gasteiger partial charge in [-0.25, -0.2) is 0 Å². The van der Waals surface area contributed by atoms with Gasteiger partial charge in [0.15, 0.2) is 0 Å². The van der Waals surface area contributed by atoms with Crippen molar-refractivity contribution >= 4 is 17.5 Å². The van der Waals surface area contributed by atoms with Gasteiger partial charge in [0.1, 0.15) is 0 Å². The highest BCUT2D eigenvalue weighted by Gasteiger charge is 2.25. The first-order valence-electron chi connectivity index (χ1n) is 10.3. The molecule has 154 valence electrons. The molecule has 2 aromatic rings. The Morgan fingerprint density at radius 3 is 2.00 bits per heavy atom. The maximum atomic E-state index is 12.7. The van der Waals surface area contributed by atoms with E-state index < -0.39 is 0 Å². The second kappa shape index (κ2) is 9.12. The normalized spacial score (nSPS) is 14.7. The third-order valence-corrected chi connectivity index (χ3v) is 5.59. The molecule has 2 aromatic carbocycles. The van der Waals surface area contributed by atoms with Crippen LogP contribution < -0.4 is 10.2 Å². The monoisotopic (exact) mass is 393 g/mol. The average Bonchev–Trinajstić information content (AvgIpc) is 2.74. The van der Waals surface area contributed by atoms with Gasteiger partial charge in [-0.2, -0.15) is 0 Å². The number of piperidine rings is 1. The molecule has 29 heavy (non-hydrogen) atoms. The molecule has 5 nitrogen and oxygen atoms in total. The van der Waals surface area contributed by atoms with E-state index in [1.54, 1.807) is 0 Å². The van der Waals surface area contributed by atoms with Crippen molar-refractivity contribution in [1.29, 1.82) is 0 Å². The Bertz CT molecular complexity index is 833. The highest BCUT2D eigenvalue weighted by molar-refractivity contribution is 5.95. The van der Waals surface area contributed by atoms with Crippen molar-refractivity contribution in [1.82, 2.24) is 10.2 Å². The molecule has 2 amide bonds. The second-order valence-corrected chi connectivity index (χ2v) is 8.26. The van der Waals surface area contributed by atoms with Gasteiger partial charge in [-0.15, -0.1) is 0 Å². The highest BCUT2D eigenvalue weighted by Crippen LogP contribution is 2.18. The van der Waals surface area contributed by atoms with Crippen LogP contribution in [0.1, 0.15) is 58.9 Å². The van der Waals surface area contributed by atoms with Crippen molar-refractivity contribution in [2.24, 2.45) is 0 Å². The summed E-state index contributed by atoms with van der Waals surface area (Å²) in [6, 6.07) is 15.6. The quantitative estimate of drug-likeness (QED) is 0.838. The fraction of sp³-hybridized carbons (Fsp3) is 0.417. The molecule has 1 fully saturated rings. The molecular formula is C24H31N3O2. The van der Waals surface area contributed by atoms with Gasteiger partial charge >= 0.3 is 0 Å². The predicted octanol–water partition coefficient (Wildman–Crippen LogP) is 3.91. The number of carbonyl (C=O) groups excluding carboxylic acids is 2. The Kier molecular flexibility index (Phi) is 6.57. The van der Waals surface area contributed by atoms with Crippen molar-refractivity contribution in [3.63, 3.8) is 0 Å². The van der Waals surface area contributed by atoms with Gasteiger partial charge in [0.25, 0.3) is 11.8 Å². The molecular weight excluding hydrogens is 362 g/mol. The number of rotatable bonds is 5. The SMILES string of the molecule is CC(C)c1ccc(C(=O)NC2CCN(C(=O)c3ccc(N(C)C)cc3)CC2)cc1. The summed E-state index contributed by atoms with van der Waals surface area (Å²) in [5.41, 5.74) is 3.70. The lowest BCUT2D eigenvalue weighted by molar-refractivity contribution is 0.0698. The van der Waals surface area contributed by atoms with Crippen LogP contribution in [0.5, 0.6) is 0 Å². The van der Waals surface area contributed by atoms with Gasteiger partial charge < -0.3 is 15.1 Å². The molecule has 1 saturated heterocycles.